The molecule has 15 heavy (non-hydrogen) atoms. The van der Waals surface area contributed by atoms with Gasteiger partial charge in [0.1, 0.15) is 16.0 Å². The summed E-state index contributed by atoms with van der Waals surface area (Å²) in [5.41, 5.74) is -1.06. The molecular weight excluding hydrogens is 233 g/mol. The number of rotatable bonds is 1. The van der Waals surface area contributed by atoms with Gasteiger partial charge < -0.3 is 5.11 Å². The maximum atomic E-state index is 12.3. The summed E-state index contributed by atoms with van der Waals surface area (Å²) in [6.45, 7) is 0. The minimum Gasteiger partial charge on any atom is -0.477 e. The van der Waals surface area contributed by atoms with Crippen molar-refractivity contribution in [2.75, 3.05) is 0 Å². The first-order valence-corrected chi connectivity index (χ1v) is 4.48. The molecule has 0 spiro atoms. The largest absolute Gasteiger partial charge is 0.477 e. The highest BCUT2D eigenvalue weighted by Gasteiger charge is 2.36. The van der Waals surface area contributed by atoms with E-state index in [1.807, 2.05) is 0 Å². The summed E-state index contributed by atoms with van der Waals surface area (Å²) < 4.78 is 38.1. The van der Waals surface area contributed by atoms with Crippen LogP contribution in [0.5, 0.6) is 0 Å². The molecule has 2 rings (SSSR count). The van der Waals surface area contributed by atoms with E-state index >= 15 is 0 Å². The summed E-state index contributed by atoms with van der Waals surface area (Å²) in [5.74, 6) is -1.25. The molecule has 0 amide bonds. The normalized spacial score (nSPS) is 12.2. The molecule has 80 valence electrons. The molecule has 0 aromatic carbocycles. The van der Waals surface area contributed by atoms with Crippen molar-refractivity contribution in [1.82, 2.24) is 9.38 Å². The van der Waals surface area contributed by atoms with E-state index in [1.54, 1.807) is 0 Å². The lowest BCUT2D eigenvalue weighted by Crippen LogP contribution is -2.05. The van der Waals surface area contributed by atoms with Crippen LogP contribution in [0.4, 0.5) is 13.2 Å². The number of hydrogen-bond acceptors (Lipinski definition) is 3. The van der Waals surface area contributed by atoms with Gasteiger partial charge in [-0.3, -0.25) is 4.40 Å². The highest BCUT2D eigenvalue weighted by atomic mass is 32.1. The Morgan fingerprint density at radius 2 is 2.20 bits per heavy atom. The number of nitrogens with zero attached hydrogens (tertiary/aromatic N) is 2. The highest BCUT2D eigenvalue weighted by Crippen LogP contribution is 2.34. The van der Waals surface area contributed by atoms with Crippen LogP contribution in [0.2, 0.25) is 0 Å². The predicted molar refractivity (Wildman–Crippen MR) is 45.0 cm³/mol. The van der Waals surface area contributed by atoms with Gasteiger partial charge in [-0.05, 0) is 0 Å². The van der Waals surface area contributed by atoms with E-state index in [0.717, 1.165) is 16.9 Å². The lowest BCUT2D eigenvalue weighted by atomic mass is 10.5. The van der Waals surface area contributed by atoms with Crippen molar-refractivity contribution in [1.29, 1.82) is 0 Å². The number of aromatic nitrogens is 2. The molecule has 0 aliphatic heterocycles. The van der Waals surface area contributed by atoms with E-state index < -0.39 is 17.8 Å². The number of carbonyl (C=O) groups is 1. The zero-order chi connectivity index (χ0) is 11.2. The second-order valence-electron chi connectivity index (χ2n) is 2.70. The fourth-order valence-corrected chi connectivity index (χ4v) is 2.03. The van der Waals surface area contributed by atoms with Crippen LogP contribution >= 0.6 is 11.3 Å². The Morgan fingerprint density at radius 3 is 2.73 bits per heavy atom. The third-order valence-electron chi connectivity index (χ3n) is 1.69. The van der Waals surface area contributed by atoms with Crippen LogP contribution in [0, 0.1) is 0 Å². The van der Waals surface area contributed by atoms with Crippen molar-refractivity contribution in [3.05, 3.63) is 23.1 Å². The van der Waals surface area contributed by atoms with E-state index in [2.05, 4.69) is 4.98 Å². The Hall–Kier alpha value is -1.57. The number of imidazole rings is 1. The number of fused-ring (bicyclic) bond motifs is 1. The molecule has 4 nitrogen and oxygen atoms in total. The molecule has 0 saturated carbocycles. The first kappa shape index (κ1) is 9.97. The van der Waals surface area contributed by atoms with E-state index in [-0.39, 0.29) is 9.71 Å². The summed E-state index contributed by atoms with van der Waals surface area (Å²) in [4.78, 5) is 13.3. The minimum atomic E-state index is -4.56. The van der Waals surface area contributed by atoms with Crippen LogP contribution in [-0.2, 0) is 6.18 Å². The Balaban J connectivity index is 2.64. The SMILES string of the molecule is O=C(O)c1cn2cnc(C(F)(F)F)c2s1. The molecule has 0 bridgehead atoms. The number of alkyl halides is 3. The zero-order valence-electron chi connectivity index (χ0n) is 6.95. The number of thiazole rings is 1. The Labute approximate surface area is 84.6 Å². The van der Waals surface area contributed by atoms with E-state index in [9.17, 15) is 18.0 Å². The molecule has 0 aliphatic carbocycles. The van der Waals surface area contributed by atoms with Crippen LogP contribution in [0.15, 0.2) is 12.5 Å². The summed E-state index contributed by atoms with van der Waals surface area (Å²) in [6.07, 6.45) is -2.51. The minimum absolute atomic E-state index is 0.155. The molecule has 0 unspecified atom stereocenters. The smallest absolute Gasteiger partial charge is 0.436 e. The van der Waals surface area contributed by atoms with Crippen molar-refractivity contribution in [3.63, 3.8) is 0 Å². The van der Waals surface area contributed by atoms with Crippen LogP contribution < -0.4 is 0 Å². The average molecular weight is 236 g/mol. The number of carboxylic acids is 1. The van der Waals surface area contributed by atoms with Gasteiger partial charge in [0, 0.05) is 6.20 Å². The van der Waals surface area contributed by atoms with E-state index in [0.29, 0.717) is 11.3 Å². The molecule has 0 radical (unpaired) electrons. The van der Waals surface area contributed by atoms with E-state index in [1.165, 1.54) is 0 Å². The van der Waals surface area contributed by atoms with Gasteiger partial charge in [-0.25, -0.2) is 9.78 Å². The van der Waals surface area contributed by atoms with Gasteiger partial charge in [0.2, 0.25) is 0 Å². The third kappa shape index (κ3) is 1.56. The van der Waals surface area contributed by atoms with Crippen molar-refractivity contribution in [2.24, 2.45) is 0 Å². The second-order valence-corrected chi connectivity index (χ2v) is 3.73. The standard InChI is InChI=1S/C7H3F3N2O2S/c8-7(9,10)4-5-12(2-11-4)1-3(15-5)6(13)14/h1-2H,(H,13,14). The molecule has 2 aromatic heterocycles. The summed E-state index contributed by atoms with van der Waals surface area (Å²) in [5, 5.41) is 8.59. The second kappa shape index (κ2) is 2.96. The Bertz CT molecular complexity index is 528. The third-order valence-corrected chi connectivity index (χ3v) is 2.79. The van der Waals surface area contributed by atoms with Gasteiger partial charge in [0.05, 0.1) is 0 Å². The molecule has 2 heterocycles. The van der Waals surface area contributed by atoms with Crippen molar-refractivity contribution in [2.45, 2.75) is 6.18 Å². The summed E-state index contributed by atoms with van der Waals surface area (Å²) in [6, 6.07) is 0. The van der Waals surface area contributed by atoms with Crippen molar-refractivity contribution in [3.8, 4) is 0 Å². The number of aromatic carboxylic acids is 1. The molecule has 0 saturated heterocycles. The van der Waals surface area contributed by atoms with Gasteiger partial charge in [0.25, 0.3) is 0 Å². The summed E-state index contributed by atoms with van der Waals surface area (Å²) >= 11 is 0.546. The fraction of sp³-hybridized carbons (Fsp3) is 0.143. The Kier molecular flexibility index (Phi) is 1.97. The maximum absolute atomic E-state index is 12.3. The van der Waals surface area contributed by atoms with Crippen LogP contribution in [-0.4, -0.2) is 20.5 Å². The monoisotopic (exact) mass is 236 g/mol. The Morgan fingerprint density at radius 1 is 1.53 bits per heavy atom. The molecule has 0 atom stereocenters. The average Bonchev–Trinajstić information content (AvgIpc) is 2.56. The highest BCUT2D eigenvalue weighted by molar-refractivity contribution is 7.19. The van der Waals surface area contributed by atoms with Gasteiger partial charge in [-0.1, -0.05) is 0 Å². The molecule has 0 fully saturated rings. The summed E-state index contributed by atoms with van der Waals surface area (Å²) in [7, 11) is 0. The van der Waals surface area contributed by atoms with Gasteiger partial charge >= 0.3 is 12.1 Å². The first-order valence-electron chi connectivity index (χ1n) is 3.66. The maximum Gasteiger partial charge on any atom is 0.436 e. The lowest BCUT2D eigenvalue weighted by Gasteiger charge is -1.99. The van der Waals surface area contributed by atoms with Crippen LogP contribution in [0.3, 0.4) is 0 Å². The topological polar surface area (TPSA) is 54.6 Å². The van der Waals surface area contributed by atoms with Crippen LogP contribution in [0.25, 0.3) is 4.83 Å². The van der Waals surface area contributed by atoms with E-state index in [4.69, 9.17) is 5.11 Å². The molecule has 2 aromatic rings. The number of halogens is 3. The molecule has 8 heteroatoms. The number of carboxylic acid groups (broad SMARTS) is 1. The molecule has 1 N–H and O–H groups in total. The van der Waals surface area contributed by atoms with Crippen molar-refractivity contribution >= 4 is 22.1 Å². The van der Waals surface area contributed by atoms with Crippen molar-refractivity contribution < 1.29 is 23.1 Å². The van der Waals surface area contributed by atoms with Gasteiger partial charge in [-0.15, -0.1) is 11.3 Å². The lowest BCUT2D eigenvalue weighted by molar-refractivity contribution is -0.139. The zero-order valence-corrected chi connectivity index (χ0v) is 7.76. The quantitative estimate of drug-likeness (QED) is 0.825. The predicted octanol–water partition coefficient (Wildman–Crippen LogP) is 2.11. The molecule has 0 aliphatic rings. The van der Waals surface area contributed by atoms with Crippen LogP contribution in [0.1, 0.15) is 15.4 Å². The van der Waals surface area contributed by atoms with Gasteiger partial charge in [0.15, 0.2) is 5.69 Å². The van der Waals surface area contributed by atoms with Gasteiger partial charge in [-0.2, -0.15) is 13.2 Å². The molecular formula is C7H3F3N2O2S. The fourth-order valence-electron chi connectivity index (χ4n) is 1.09. The number of hydrogen-bond donors (Lipinski definition) is 1. The first-order chi connectivity index (χ1) is 6.89.